The Morgan fingerprint density at radius 1 is 1.04 bits per heavy atom. The molecule has 3 aromatic rings. The molecule has 0 saturated heterocycles. The molecule has 0 spiro atoms. The lowest BCUT2D eigenvalue weighted by atomic mass is 10.0. The van der Waals surface area contributed by atoms with Gasteiger partial charge in [-0.15, -0.1) is 0 Å². The SMILES string of the molecule is O=C(NCc1cccnc1)c1ccccc1C(=O)c1ncc[nH]1. The zero-order chi connectivity index (χ0) is 16.1. The Kier molecular flexibility index (Phi) is 4.24. The fourth-order valence-corrected chi connectivity index (χ4v) is 2.18. The number of ketones is 1. The van der Waals surface area contributed by atoms with Gasteiger partial charge in [0.2, 0.25) is 5.78 Å². The van der Waals surface area contributed by atoms with Crippen LogP contribution in [0.5, 0.6) is 0 Å². The third kappa shape index (κ3) is 3.32. The minimum atomic E-state index is -0.317. The minimum absolute atomic E-state index is 0.206. The molecule has 2 aromatic heterocycles. The van der Waals surface area contributed by atoms with Crippen molar-refractivity contribution in [2.24, 2.45) is 0 Å². The summed E-state index contributed by atoms with van der Waals surface area (Å²) in [6.07, 6.45) is 6.42. The summed E-state index contributed by atoms with van der Waals surface area (Å²) in [5.74, 6) is -0.427. The first-order valence-electron chi connectivity index (χ1n) is 7.06. The van der Waals surface area contributed by atoms with Gasteiger partial charge in [-0.3, -0.25) is 14.6 Å². The summed E-state index contributed by atoms with van der Waals surface area (Å²) < 4.78 is 0. The average molecular weight is 306 g/mol. The molecule has 0 saturated carbocycles. The number of aromatic nitrogens is 3. The molecule has 0 unspecified atom stereocenters. The van der Waals surface area contributed by atoms with E-state index in [-0.39, 0.29) is 17.5 Å². The highest BCUT2D eigenvalue weighted by Gasteiger charge is 2.19. The van der Waals surface area contributed by atoms with E-state index in [9.17, 15) is 9.59 Å². The second-order valence-electron chi connectivity index (χ2n) is 4.86. The predicted molar refractivity (Wildman–Crippen MR) is 83.9 cm³/mol. The van der Waals surface area contributed by atoms with Gasteiger partial charge < -0.3 is 10.3 Å². The van der Waals surface area contributed by atoms with E-state index in [1.165, 1.54) is 6.20 Å². The molecule has 23 heavy (non-hydrogen) atoms. The molecule has 3 rings (SSSR count). The molecule has 1 aromatic carbocycles. The number of rotatable bonds is 5. The number of nitrogens with one attached hydrogen (secondary N) is 2. The van der Waals surface area contributed by atoms with Crippen molar-refractivity contribution >= 4 is 11.7 Å². The van der Waals surface area contributed by atoms with Gasteiger partial charge in [0.15, 0.2) is 5.82 Å². The largest absolute Gasteiger partial charge is 0.348 e. The van der Waals surface area contributed by atoms with Crippen molar-refractivity contribution in [3.05, 3.63) is 83.7 Å². The average Bonchev–Trinajstić information content (AvgIpc) is 3.14. The Hall–Kier alpha value is -3.28. The summed E-state index contributed by atoms with van der Waals surface area (Å²) >= 11 is 0. The van der Waals surface area contributed by atoms with Crippen LogP contribution in [0.25, 0.3) is 0 Å². The number of nitrogens with zero attached hydrogens (tertiary/aromatic N) is 2. The number of H-pyrrole nitrogens is 1. The monoisotopic (exact) mass is 306 g/mol. The van der Waals surface area contributed by atoms with Crippen LogP contribution < -0.4 is 5.32 Å². The van der Waals surface area contributed by atoms with Crippen LogP contribution in [0.1, 0.15) is 32.1 Å². The van der Waals surface area contributed by atoms with Crippen molar-refractivity contribution < 1.29 is 9.59 Å². The smallest absolute Gasteiger partial charge is 0.252 e. The Balaban J connectivity index is 1.80. The lowest BCUT2D eigenvalue weighted by Gasteiger charge is -2.08. The molecule has 1 amide bonds. The molecular formula is C17H14N4O2. The summed E-state index contributed by atoms with van der Waals surface area (Å²) in [7, 11) is 0. The minimum Gasteiger partial charge on any atom is -0.348 e. The van der Waals surface area contributed by atoms with E-state index >= 15 is 0 Å². The van der Waals surface area contributed by atoms with E-state index in [1.807, 2.05) is 6.07 Å². The first-order chi connectivity index (χ1) is 11.3. The van der Waals surface area contributed by atoms with E-state index in [0.717, 1.165) is 5.56 Å². The van der Waals surface area contributed by atoms with Crippen LogP contribution in [0.4, 0.5) is 0 Å². The fraction of sp³-hybridized carbons (Fsp3) is 0.0588. The molecule has 6 nitrogen and oxygen atoms in total. The van der Waals surface area contributed by atoms with Crippen molar-refractivity contribution in [2.45, 2.75) is 6.54 Å². The molecule has 2 heterocycles. The number of hydrogen-bond donors (Lipinski definition) is 2. The molecule has 0 atom stereocenters. The number of aromatic amines is 1. The zero-order valence-corrected chi connectivity index (χ0v) is 12.2. The Morgan fingerprint density at radius 3 is 2.57 bits per heavy atom. The maximum Gasteiger partial charge on any atom is 0.252 e. The standard InChI is InChI=1S/C17H14N4O2/c22-15(16-19-8-9-20-16)13-5-1-2-6-14(13)17(23)21-11-12-4-3-7-18-10-12/h1-10H,11H2,(H,19,20)(H,21,23). The zero-order valence-electron chi connectivity index (χ0n) is 12.2. The van der Waals surface area contributed by atoms with Crippen LogP contribution in [0.3, 0.4) is 0 Å². The normalized spacial score (nSPS) is 10.3. The molecule has 0 aliphatic rings. The van der Waals surface area contributed by atoms with Crippen LogP contribution in [0, 0.1) is 0 Å². The van der Waals surface area contributed by atoms with Gasteiger partial charge in [0.25, 0.3) is 5.91 Å². The highest BCUT2D eigenvalue weighted by Crippen LogP contribution is 2.13. The van der Waals surface area contributed by atoms with Crippen LogP contribution in [-0.4, -0.2) is 26.6 Å². The quantitative estimate of drug-likeness (QED) is 0.705. The molecule has 0 radical (unpaired) electrons. The van der Waals surface area contributed by atoms with E-state index in [0.29, 0.717) is 17.7 Å². The van der Waals surface area contributed by atoms with E-state index in [4.69, 9.17) is 0 Å². The maximum atomic E-state index is 12.4. The van der Waals surface area contributed by atoms with E-state index in [2.05, 4.69) is 20.3 Å². The summed E-state index contributed by atoms with van der Waals surface area (Å²) in [4.78, 5) is 35.5. The highest BCUT2D eigenvalue weighted by atomic mass is 16.2. The maximum absolute atomic E-state index is 12.4. The van der Waals surface area contributed by atoms with Crippen molar-refractivity contribution in [2.75, 3.05) is 0 Å². The molecule has 0 aliphatic heterocycles. The van der Waals surface area contributed by atoms with Crippen LogP contribution >= 0.6 is 0 Å². The van der Waals surface area contributed by atoms with Crippen LogP contribution in [-0.2, 0) is 6.54 Å². The van der Waals surface area contributed by atoms with Crippen LogP contribution in [0.2, 0.25) is 0 Å². The van der Waals surface area contributed by atoms with E-state index < -0.39 is 0 Å². The second-order valence-corrected chi connectivity index (χ2v) is 4.86. The molecule has 0 aliphatic carbocycles. The van der Waals surface area contributed by atoms with Gasteiger partial charge in [-0.25, -0.2) is 4.98 Å². The summed E-state index contributed by atoms with van der Waals surface area (Å²) in [5, 5.41) is 2.79. The topological polar surface area (TPSA) is 87.7 Å². The molecule has 0 bridgehead atoms. The van der Waals surface area contributed by atoms with Crippen molar-refractivity contribution in [1.29, 1.82) is 0 Å². The number of amides is 1. The van der Waals surface area contributed by atoms with Gasteiger partial charge >= 0.3 is 0 Å². The van der Waals surface area contributed by atoms with Gasteiger partial charge in [0.1, 0.15) is 0 Å². The third-order valence-electron chi connectivity index (χ3n) is 3.31. The lowest BCUT2D eigenvalue weighted by molar-refractivity contribution is 0.0938. The molecule has 2 N–H and O–H groups in total. The van der Waals surface area contributed by atoms with Crippen molar-refractivity contribution in [3.63, 3.8) is 0 Å². The second kappa shape index (κ2) is 6.65. The number of pyridine rings is 1. The predicted octanol–water partition coefficient (Wildman–Crippen LogP) is 1.97. The summed E-state index contributed by atoms with van der Waals surface area (Å²) in [6.45, 7) is 0.343. The lowest BCUT2D eigenvalue weighted by Crippen LogP contribution is -2.25. The molecular weight excluding hydrogens is 292 g/mol. The van der Waals surface area contributed by atoms with Crippen molar-refractivity contribution in [1.82, 2.24) is 20.3 Å². The number of hydrogen-bond acceptors (Lipinski definition) is 4. The van der Waals surface area contributed by atoms with Gasteiger partial charge in [-0.2, -0.15) is 0 Å². The first kappa shape index (κ1) is 14.6. The Labute approximate surface area is 132 Å². The summed E-state index contributed by atoms with van der Waals surface area (Å²) in [6, 6.07) is 10.3. The van der Waals surface area contributed by atoms with Gasteiger partial charge in [0, 0.05) is 36.9 Å². The summed E-state index contributed by atoms with van der Waals surface area (Å²) in [5.41, 5.74) is 1.51. The van der Waals surface area contributed by atoms with Gasteiger partial charge in [-0.05, 0) is 17.7 Å². The van der Waals surface area contributed by atoms with Gasteiger partial charge in [0.05, 0.1) is 5.56 Å². The van der Waals surface area contributed by atoms with Crippen molar-refractivity contribution in [3.8, 4) is 0 Å². The number of carbonyl (C=O) groups is 2. The fourth-order valence-electron chi connectivity index (χ4n) is 2.18. The van der Waals surface area contributed by atoms with Gasteiger partial charge in [-0.1, -0.05) is 24.3 Å². The number of carbonyl (C=O) groups excluding carboxylic acids is 2. The number of benzene rings is 1. The molecule has 0 fully saturated rings. The molecule has 6 heteroatoms. The van der Waals surface area contributed by atoms with Crippen LogP contribution in [0.15, 0.2) is 61.2 Å². The first-order valence-corrected chi connectivity index (χ1v) is 7.06. The third-order valence-corrected chi connectivity index (χ3v) is 3.31. The number of imidazole rings is 1. The highest BCUT2D eigenvalue weighted by molar-refractivity contribution is 6.13. The Bertz CT molecular complexity index is 814. The Morgan fingerprint density at radius 2 is 1.87 bits per heavy atom. The van der Waals surface area contributed by atoms with E-state index in [1.54, 1.807) is 48.9 Å². The molecule has 114 valence electrons.